The van der Waals surface area contributed by atoms with E-state index >= 15 is 4.79 Å². The van der Waals surface area contributed by atoms with Gasteiger partial charge in [-0.25, -0.2) is 0 Å². The van der Waals surface area contributed by atoms with Crippen molar-refractivity contribution in [2.75, 3.05) is 20.3 Å². The number of cyclic esters (lactones) is 1. The molecule has 4 bridgehead atoms. The second-order valence-electron chi connectivity index (χ2n) is 19.1. The molecule has 6 N–H and O–H groups in total. The van der Waals surface area contributed by atoms with Gasteiger partial charge in [-0.15, -0.1) is 0 Å². The summed E-state index contributed by atoms with van der Waals surface area (Å²) in [4.78, 5) is 33.6. The van der Waals surface area contributed by atoms with E-state index in [1.165, 1.54) is 13.2 Å². The summed E-state index contributed by atoms with van der Waals surface area (Å²) in [6, 6.07) is 16.6. The van der Waals surface area contributed by atoms with E-state index in [2.05, 4.69) is 41.1 Å². The fourth-order valence-corrected chi connectivity index (χ4v) is 12.7. The van der Waals surface area contributed by atoms with E-state index in [4.69, 9.17) is 14.2 Å². The Morgan fingerprint density at radius 3 is 2.59 bits per heavy atom. The molecule has 64 heavy (non-hydrogen) atoms. The minimum absolute atomic E-state index is 0.00471. The molecular formula is C53H57NO10. The Hall–Kier alpha value is -5.54. The number of benzene rings is 3. The van der Waals surface area contributed by atoms with Gasteiger partial charge < -0.3 is 44.7 Å². The fraction of sp³-hybridized carbons (Fsp3) is 0.472. The van der Waals surface area contributed by atoms with Crippen molar-refractivity contribution in [2.24, 2.45) is 35.0 Å². The number of methoxy groups -OCH3 is 1. The van der Waals surface area contributed by atoms with E-state index in [-0.39, 0.29) is 97.1 Å². The van der Waals surface area contributed by atoms with Gasteiger partial charge in [-0.2, -0.15) is 0 Å². The number of Topliss-reactive ketones (excluding diaryl/α,β-unsaturated/α-hetero) is 1. The number of carbonyl (C=O) groups excluding carboxylic acids is 2. The Morgan fingerprint density at radius 2 is 1.78 bits per heavy atom. The maximum absolute atomic E-state index is 15.1. The lowest BCUT2D eigenvalue weighted by atomic mass is 9.51. The maximum atomic E-state index is 15.1. The van der Waals surface area contributed by atoms with Crippen LogP contribution in [0.4, 0.5) is 0 Å². The Morgan fingerprint density at radius 1 is 0.953 bits per heavy atom. The van der Waals surface area contributed by atoms with Crippen LogP contribution in [0.3, 0.4) is 0 Å². The molecule has 2 heterocycles. The number of para-hydroxylation sites is 1. The number of aliphatic hydroxyl groups is 3. The number of allylic oxidation sites excluding steroid dienone is 3. The van der Waals surface area contributed by atoms with Gasteiger partial charge in [0.05, 0.1) is 31.6 Å². The molecule has 9 unspecified atom stereocenters. The third-order valence-electron chi connectivity index (χ3n) is 15.5. The number of hydrogen-bond acceptors (Lipinski definition) is 10. The molecule has 10 rings (SSSR count). The van der Waals surface area contributed by atoms with Crippen molar-refractivity contribution in [3.8, 4) is 34.8 Å². The van der Waals surface area contributed by atoms with E-state index in [1.807, 2.05) is 18.2 Å². The number of fused-ring (bicyclic) bond motifs is 9. The van der Waals surface area contributed by atoms with Crippen LogP contribution in [-0.4, -0.2) is 80.9 Å². The molecule has 1 aromatic heterocycles. The highest BCUT2D eigenvalue weighted by molar-refractivity contribution is 5.96. The summed E-state index contributed by atoms with van der Waals surface area (Å²) in [5.74, 6) is 6.89. The van der Waals surface area contributed by atoms with E-state index in [1.54, 1.807) is 18.2 Å². The number of ketones is 1. The van der Waals surface area contributed by atoms with E-state index < -0.39 is 23.6 Å². The first kappa shape index (κ1) is 42.4. The van der Waals surface area contributed by atoms with Crippen LogP contribution in [0.1, 0.15) is 98.1 Å². The maximum Gasteiger partial charge on any atom is 0.324 e. The van der Waals surface area contributed by atoms with Crippen molar-refractivity contribution >= 4 is 28.2 Å². The largest absolute Gasteiger partial charge is 0.504 e. The molecular weight excluding hydrogens is 811 g/mol. The van der Waals surface area contributed by atoms with Crippen LogP contribution in [0, 0.1) is 46.8 Å². The highest BCUT2D eigenvalue weighted by Gasteiger charge is 2.54. The Bertz CT molecular complexity index is 2610. The minimum Gasteiger partial charge on any atom is -0.504 e. The molecule has 334 valence electrons. The zero-order valence-electron chi connectivity index (χ0n) is 36.2. The Labute approximate surface area is 373 Å². The number of aromatic nitrogens is 1. The van der Waals surface area contributed by atoms with Gasteiger partial charge in [0.15, 0.2) is 23.0 Å². The summed E-state index contributed by atoms with van der Waals surface area (Å²) < 4.78 is 17.7. The van der Waals surface area contributed by atoms with Gasteiger partial charge in [-0.3, -0.25) is 9.59 Å². The number of carbonyl (C=O) groups is 2. The first-order chi connectivity index (χ1) is 31.1. The summed E-state index contributed by atoms with van der Waals surface area (Å²) in [7, 11) is 1.53. The molecule has 5 aliphatic carbocycles. The molecule has 1 aliphatic heterocycles. The number of rotatable bonds is 7. The summed E-state index contributed by atoms with van der Waals surface area (Å²) >= 11 is 0. The average molecular weight is 868 g/mol. The third-order valence-corrected chi connectivity index (χ3v) is 15.5. The number of ether oxygens (including phenoxy) is 3. The highest BCUT2D eigenvalue weighted by atomic mass is 16.6. The van der Waals surface area contributed by atoms with E-state index in [9.17, 15) is 30.3 Å². The van der Waals surface area contributed by atoms with Crippen molar-refractivity contribution < 1.29 is 49.3 Å². The van der Waals surface area contributed by atoms with Gasteiger partial charge in [-0.05, 0) is 132 Å². The number of aromatic amines is 1. The zero-order valence-corrected chi connectivity index (χ0v) is 36.2. The number of hydrogen-bond donors (Lipinski definition) is 6. The van der Waals surface area contributed by atoms with Gasteiger partial charge >= 0.3 is 5.97 Å². The molecule has 4 aromatic rings. The molecule has 6 aliphatic rings. The van der Waals surface area contributed by atoms with E-state index in [0.717, 1.165) is 70.1 Å². The predicted octanol–water partition coefficient (Wildman–Crippen LogP) is 7.44. The lowest BCUT2D eigenvalue weighted by molar-refractivity contribution is -0.165. The zero-order chi connectivity index (χ0) is 44.3. The number of phenolic OH excluding ortho intramolecular Hbond substituents is 2. The summed E-state index contributed by atoms with van der Waals surface area (Å²) in [5.41, 5.74) is 6.16. The molecule has 3 saturated carbocycles. The molecule has 11 nitrogen and oxygen atoms in total. The molecule has 0 radical (unpaired) electrons. The monoisotopic (exact) mass is 867 g/mol. The quantitative estimate of drug-likeness (QED) is 0.0808. The van der Waals surface area contributed by atoms with Crippen LogP contribution in [0.5, 0.6) is 23.0 Å². The van der Waals surface area contributed by atoms with Gasteiger partial charge in [0.2, 0.25) is 0 Å². The first-order valence-corrected chi connectivity index (χ1v) is 23.1. The number of nitrogens with one attached hydrogen (secondary N) is 1. The third kappa shape index (κ3) is 7.47. The van der Waals surface area contributed by atoms with Crippen LogP contribution in [0.25, 0.3) is 16.5 Å². The summed E-state index contributed by atoms with van der Waals surface area (Å²) in [5, 5.41) is 55.6. The number of aromatic hydroxyl groups is 2. The SMILES string of the molecule is COc1cc2c(cc1O)C1=C3C=CC4CC3C(C2CC(=O)CC(C(O)Cc2ccc(O)c(OCCO)c2)OC(=O)C2(C#CCc3c1[nH]c1ccccc31)CCCC2)C1CCC(O)CC41. The number of phenols is 2. The van der Waals surface area contributed by atoms with Gasteiger partial charge in [0.25, 0.3) is 0 Å². The first-order valence-electron chi connectivity index (χ1n) is 23.1. The summed E-state index contributed by atoms with van der Waals surface area (Å²) in [6.45, 7) is -0.283. The normalized spacial score (nSPS) is 28.7. The second-order valence-corrected chi connectivity index (χ2v) is 19.1. The van der Waals surface area contributed by atoms with Crippen LogP contribution in [-0.2, 0) is 27.2 Å². The van der Waals surface area contributed by atoms with Crippen LogP contribution < -0.4 is 9.47 Å². The molecule has 3 fully saturated rings. The minimum atomic E-state index is -1.30. The highest BCUT2D eigenvalue weighted by Crippen LogP contribution is 2.62. The summed E-state index contributed by atoms with van der Waals surface area (Å²) in [6.07, 6.45) is 7.53. The van der Waals surface area contributed by atoms with Gasteiger partial charge in [-0.1, -0.05) is 61.1 Å². The molecule has 0 amide bonds. The van der Waals surface area contributed by atoms with E-state index in [0.29, 0.717) is 43.4 Å². The number of aliphatic hydroxyl groups excluding tert-OH is 3. The Kier molecular flexibility index (Phi) is 11.3. The number of H-pyrrole nitrogens is 1. The smallest absolute Gasteiger partial charge is 0.324 e. The van der Waals surface area contributed by atoms with Crippen LogP contribution in [0.2, 0.25) is 0 Å². The average Bonchev–Trinajstić information content (AvgIpc) is 3.90. The van der Waals surface area contributed by atoms with Crippen LogP contribution in [0.15, 0.2) is 72.3 Å². The predicted molar refractivity (Wildman–Crippen MR) is 240 cm³/mol. The molecule has 9 atom stereocenters. The lowest BCUT2D eigenvalue weighted by Gasteiger charge is -2.54. The van der Waals surface area contributed by atoms with Crippen molar-refractivity contribution in [3.05, 3.63) is 100 Å². The molecule has 0 saturated heterocycles. The lowest BCUT2D eigenvalue weighted by Crippen LogP contribution is -2.47. The molecule has 11 heteroatoms. The van der Waals surface area contributed by atoms with Gasteiger partial charge in [0.1, 0.15) is 23.9 Å². The van der Waals surface area contributed by atoms with Crippen molar-refractivity contribution in [3.63, 3.8) is 0 Å². The van der Waals surface area contributed by atoms with Gasteiger partial charge in [0, 0.05) is 42.2 Å². The topological polar surface area (TPSA) is 179 Å². The van der Waals surface area contributed by atoms with Crippen LogP contribution >= 0.6 is 0 Å². The van der Waals surface area contributed by atoms with Crippen molar-refractivity contribution in [1.82, 2.24) is 4.98 Å². The molecule has 1 spiro atoms. The van der Waals surface area contributed by atoms with Crippen molar-refractivity contribution in [2.45, 2.75) is 101 Å². The molecule has 3 aromatic carbocycles. The Balaban J connectivity index is 1.16. The van der Waals surface area contributed by atoms with Crippen molar-refractivity contribution in [1.29, 1.82) is 0 Å². The number of esters is 1. The standard InChI is InChI=1S/C53H57NO10/c1-62-46-28-38-40-25-32(57)26-48(44(59)21-29-10-15-43(58)47(22-29)63-20-19-55)64-52(61)53(16-4-5-17-53)18-6-8-36-33-7-2-3-9-42(33)54-51(36)50(41(38)27-45(46)60)35-13-11-30-23-39(35)49(40)34-14-12-31(56)24-37(30)34/h2-3,7,9-11,13,15,22,27-28,30-31,34,37,39-40,44,48-49,54-56,58-60H,4-5,8,12,14,16-17,19-21,23-26H2,1H3. The fourth-order valence-electron chi connectivity index (χ4n) is 12.7. The second kappa shape index (κ2) is 17.1.